The Bertz CT molecular complexity index is 1330. The summed E-state index contributed by atoms with van der Waals surface area (Å²) < 4.78 is 54.5. The van der Waals surface area contributed by atoms with Gasteiger partial charge in [0.05, 0.1) is 10.4 Å². The van der Waals surface area contributed by atoms with Gasteiger partial charge in [-0.05, 0) is 11.1 Å². The quantitative estimate of drug-likeness (QED) is 0.322. The second-order valence-corrected chi connectivity index (χ2v) is 6.36. The molecule has 4 nitrogen and oxygen atoms in total. The third-order valence-corrected chi connectivity index (χ3v) is 4.28. The highest BCUT2D eigenvalue weighted by atomic mass is 19.2. The zero-order chi connectivity index (χ0) is 25.1. The minimum absolute atomic E-state index is 1.09. The molecule has 0 aliphatic heterocycles. The van der Waals surface area contributed by atoms with Crippen molar-refractivity contribution in [2.24, 2.45) is 0 Å². The van der Waals surface area contributed by atoms with Crippen LogP contribution < -0.4 is 10.4 Å². The Kier molecular flexibility index (Phi) is 8.86. The first-order valence-electron chi connectivity index (χ1n) is 9.38. The Morgan fingerprint density at radius 1 is 0.500 bits per heavy atom. The number of benzene rings is 3. The van der Waals surface area contributed by atoms with E-state index in [0.29, 0.717) is 0 Å². The smallest absolute Gasteiger partial charge is 0.171 e. The fraction of sp³-hybridized carbons (Fsp3) is 0. The first-order chi connectivity index (χ1) is 16.4. The predicted molar refractivity (Wildman–Crippen MR) is 117 cm³/mol. The van der Waals surface area contributed by atoms with Gasteiger partial charge in [-0.1, -0.05) is 72.8 Å². The lowest BCUT2D eigenvalue weighted by Crippen LogP contribution is -2.31. The van der Waals surface area contributed by atoms with E-state index in [2.05, 4.69) is 36.4 Å². The van der Waals surface area contributed by atoms with E-state index in [1.165, 1.54) is 11.1 Å². The molecule has 0 saturated heterocycles. The molecule has 34 heavy (non-hydrogen) atoms. The van der Waals surface area contributed by atoms with Gasteiger partial charge in [0, 0.05) is 0 Å². The van der Waals surface area contributed by atoms with Crippen molar-refractivity contribution in [2.45, 2.75) is 0 Å². The molecule has 3 aromatic rings. The van der Waals surface area contributed by atoms with Crippen LogP contribution in [0.2, 0.25) is 0 Å². The molecule has 0 N–H and O–H groups in total. The second kappa shape index (κ2) is 12.0. The second-order valence-electron chi connectivity index (χ2n) is 6.36. The third kappa shape index (κ3) is 5.74. The first kappa shape index (κ1) is 25.1. The van der Waals surface area contributed by atoms with Crippen molar-refractivity contribution in [1.29, 1.82) is 21.0 Å². The van der Waals surface area contributed by atoms with E-state index in [-0.39, 0.29) is 0 Å². The summed E-state index contributed by atoms with van der Waals surface area (Å²) in [5.74, 6) is -8.11. The van der Waals surface area contributed by atoms with Crippen LogP contribution >= 0.6 is 0 Å². The van der Waals surface area contributed by atoms with Crippen LogP contribution in [0.4, 0.5) is 17.6 Å². The summed E-state index contributed by atoms with van der Waals surface area (Å²) in [5, 5.41) is 31.0. The molecule has 0 spiro atoms. The van der Waals surface area contributed by atoms with Crippen molar-refractivity contribution in [1.82, 2.24) is 0 Å². The highest BCUT2D eigenvalue weighted by molar-refractivity contribution is 5.75. The molecule has 8 heteroatoms. The average molecular weight is 456 g/mol. The molecule has 0 aromatic heterocycles. The largest absolute Gasteiger partial charge is 0.203 e. The van der Waals surface area contributed by atoms with Crippen LogP contribution in [0.1, 0.15) is 11.1 Å². The minimum atomic E-state index is -2.03. The standard InChI is InChI=1S/C14H12.C12F4N4/c1-3-7-13(8-4-1)11-12-14-9-5-2-6-10-14;13-9-7(5(1-17)2-18)10(14)12(16)8(11(9)15)6(3-19)4-20/h1-12H;/b12-11+;. The fourth-order valence-corrected chi connectivity index (χ4v) is 2.67. The predicted octanol–water partition coefficient (Wildman–Crippen LogP) is 4.50. The normalized spacial score (nSPS) is 9.53. The van der Waals surface area contributed by atoms with E-state index in [0.717, 1.165) is 24.3 Å². The molecule has 0 unspecified atom stereocenters. The van der Waals surface area contributed by atoms with Crippen molar-refractivity contribution >= 4 is 23.3 Å². The van der Waals surface area contributed by atoms with Crippen molar-refractivity contribution in [3.8, 4) is 24.3 Å². The van der Waals surface area contributed by atoms with E-state index in [4.69, 9.17) is 21.0 Å². The van der Waals surface area contributed by atoms with Gasteiger partial charge in [-0.25, -0.2) is 17.6 Å². The zero-order valence-electron chi connectivity index (χ0n) is 17.2. The van der Waals surface area contributed by atoms with Gasteiger partial charge >= 0.3 is 0 Å². The van der Waals surface area contributed by atoms with Crippen LogP contribution in [0.3, 0.4) is 0 Å². The molecule has 3 aromatic carbocycles. The molecule has 0 amide bonds. The number of hydrogen-bond donors (Lipinski definition) is 0. The summed E-state index contributed by atoms with van der Waals surface area (Å²) in [6.07, 6.45) is 4.24. The highest BCUT2D eigenvalue weighted by Gasteiger charge is 2.22. The van der Waals surface area contributed by atoms with Crippen molar-refractivity contribution in [3.05, 3.63) is 105 Å². The van der Waals surface area contributed by atoms with Crippen molar-refractivity contribution in [2.75, 3.05) is 0 Å². The van der Waals surface area contributed by atoms with Gasteiger partial charge in [0.2, 0.25) is 0 Å². The Labute approximate surface area is 192 Å². The number of rotatable bonds is 2. The first-order valence-corrected chi connectivity index (χ1v) is 9.38. The highest BCUT2D eigenvalue weighted by Crippen LogP contribution is 2.08. The van der Waals surface area contributed by atoms with E-state index >= 15 is 0 Å². The van der Waals surface area contributed by atoms with Crippen molar-refractivity contribution in [3.63, 3.8) is 0 Å². The van der Waals surface area contributed by atoms with Gasteiger partial charge in [0.25, 0.3) is 0 Å². The van der Waals surface area contributed by atoms with Crippen LogP contribution in [0.15, 0.2) is 60.7 Å². The maximum absolute atomic E-state index is 13.6. The Hall–Kier alpha value is -5.18. The van der Waals surface area contributed by atoms with Gasteiger partial charge in [-0.15, -0.1) is 0 Å². The molecule has 3 rings (SSSR count). The van der Waals surface area contributed by atoms with Crippen LogP contribution in [0.25, 0.3) is 23.3 Å². The Morgan fingerprint density at radius 2 is 0.765 bits per heavy atom. The molecular weight excluding hydrogens is 444 g/mol. The van der Waals surface area contributed by atoms with E-state index in [1.807, 2.05) is 36.4 Å². The molecule has 0 aliphatic rings. The Balaban J connectivity index is 0.000000254. The van der Waals surface area contributed by atoms with Crippen LogP contribution in [0, 0.1) is 68.6 Å². The van der Waals surface area contributed by atoms with Crippen molar-refractivity contribution < 1.29 is 17.6 Å². The number of nitriles is 4. The minimum Gasteiger partial charge on any atom is -0.203 e. The maximum Gasteiger partial charge on any atom is 0.171 e. The van der Waals surface area contributed by atoms with E-state index in [9.17, 15) is 17.6 Å². The molecule has 0 atom stereocenters. The van der Waals surface area contributed by atoms with Gasteiger partial charge < -0.3 is 0 Å². The molecule has 0 fully saturated rings. The zero-order valence-corrected chi connectivity index (χ0v) is 17.2. The molecule has 0 aliphatic carbocycles. The summed E-state index contributed by atoms with van der Waals surface area (Å²) in [7, 11) is 0. The molecule has 164 valence electrons. The Morgan fingerprint density at radius 3 is 1.00 bits per heavy atom. The third-order valence-electron chi connectivity index (χ3n) is 4.28. The van der Waals surface area contributed by atoms with E-state index in [1.54, 1.807) is 0 Å². The molecule has 0 saturated carbocycles. The summed E-state index contributed by atoms with van der Waals surface area (Å²) in [6, 6.07) is 25.0. The summed E-state index contributed by atoms with van der Waals surface area (Å²) in [6.45, 7) is 0. The van der Waals surface area contributed by atoms with Gasteiger partial charge in [0.15, 0.2) is 23.3 Å². The fourth-order valence-electron chi connectivity index (χ4n) is 2.67. The molecule has 0 radical (unpaired) electrons. The summed E-state index contributed by atoms with van der Waals surface area (Å²) in [5.41, 5.74) is 0.104. The SMILES string of the molecule is C(=C\c1ccccc1)/c1ccccc1.N#CC(C#N)=c1c(F)c(F)c(=C(C#N)C#N)c(F)c1F. The molecule has 0 bridgehead atoms. The molecular formula is C26H12F4N4. The van der Waals surface area contributed by atoms with Crippen LogP contribution in [-0.2, 0) is 0 Å². The van der Waals surface area contributed by atoms with Gasteiger partial charge in [-0.3, -0.25) is 0 Å². The topological polar surface area (TPSA) is 95.2 Å². The summed E-state index contributed by atoms with van der Waals surface area (Å²) in [4.78, 5) is 0. The van der Waals surface area contributed by atoms with E-state index < -0.39 is 44.9 Å². The monoisotopic (exact) mass is 456 g/mol. The molecule has 0 heterocycles. The lowest BCUT2D eigenvalue weighted by Gasteiger charge is -2.01. The van der Waals surface area contributed by atoms with Gasteiger partial charge in [-0.2, -0.15) is 21.0 Å². The van der Waals surface area contributed by atoms with Crippen LogP contribution in [0.5, 0.6) is 0 Å². The lowest BCUT2D eigenvalue weighted by molar-refractivity contribution is 0.434. The van der Waals surface area contributed by atoms with Crippen LogP contribution in [-0.4, -0.2) is 0 Å². The number of nitrogens with zero attached hydrogens (tertiary/aromatic N) is 4. The lowest BCUT2D eigenvalue weighted by atomic mass is 10.1. The van der Waals surface area contributed by atoms with Gasteiger partial charge in [0.1, 0.15) is 35.4 Å². The summed E-state index contributed by atoms with van der Waals surface area (Å²) >= 11 is 0. The number of hydrogen-bond acceptors (Lipinski definition) is 4. The average Bonchev–Trinajstić information content (AvgIpc) is 2.88. The number of halogens is 4. The maximum atomic E-state index is 13.6.